The number of urea groups is 1. The fraction of sp³-hybridized carbons (Fsp3) is 0.471. The van der Waals surface area contributed by atoms with Crippen LogP contribution in [0.15, 0.2) is 30.6 Å². The third kappa shape index (κ3) is 4.04. The van der Waals surface area contributed by atoms with E-state index in [1.165, 1.54) is 6.92 Å². The van der Waals surface area contributed by atoms with E-state index in [4.69, 9.17) is 0 Å². The predicted molar refractivity (Wildman–Crippen MR) is 90.7 cm³/mol. The summed E-state index contributed by atoms with van der Waals surface area (Å²) in [5.41, 5.74) is 1.87. The van der Waals surface area contributed by atoms with Gasteiger partial charge in [-0.05, 0) is 25.0 Å². The van der Waals surface area contributed by atoms with Crippen LogP contribution in [0, 0.1) is 0 Å². The van der Waals surface area contributed by atoms with Crippen molar-refractivity contribution in [2.24, 2.45) is 0 Å². The number of amides is 3. The zero-order chi connectivity index (χ0) is 16.9. The third-order valence-electron chi connectivity index (χ3n) is 4.19. The van der Waals surface area contributed by atoms with Crippen molar-refractivity contribution in [2.45, 2.75) is 32.2 Å². The van der Waals surface area contributed by atoms with Crippen molar-refractivity contribution < 1.29 is 9.59 Å². The van der Waals surface area contributed by atoms with Gasteiger partial charge in [0.1, 0.15) is 5.65 Å². The van der Waals surface area contributed by atoms with Crippen LogP contribution in [0.4, 0.5) is 4.79 Å². The first kappa shape index (κ1) is 16.3. The molecule has 1 atom stereocenters. The van der Waals surface area contributed by atoms with E-state index in [-0.39, 0.29) is 18.0 Å². The van der Waals surface area contributed by atoms with Crippen molar-refractivity contribution in [1.82, 2.24) is 24.9 Å². The lowest BCUT2D eigenvalue weighted by molar-refractivity contribution is -0.119. The number of piperidine rings is 1. The lowest BCUT2D eigenvalue weighted by atomic mass is 10.1. The fourth-order valence-electron chi connectivity index (χ4n) is 3.08. The summed E-state index contributed by atoms with van der Waals surface area (Å²) in [4.78, 5) is 29.7. The van der Waals surface area contributed by atoms with Crippen molar-refractivity contribution in [2.75, 3.05) is 19.6 Å². The van der Waals surface area contributed by atoms with Gasteiger partial charge in [-0.1, -0.05) is 6.07 Å². The minimum Gasteiger partial charge on any atom is -0.352 e. The number of carbonyl (C=O) groups is 2. The van der Waals surface area contributed by atoms with Crippen LogP contribution in [0.1, 0.15) is 25.5 Å². The summed E-state index contributed by atoms with van der Waals surface area (Å²) >= 11 is 0. The first-order valence-corrected chi connectivity index (χ1v) is 8.34. The van der Waals surface area contributed by atoms with E-state index < -0.39 is 0 Å². The highest BCUT2D eigenvalue weighted by Crippen LogP contribution is 2.10. The van der Waals surface area contributed by atoms with Crippen LogP contribution in [-0.4, -0.2) is 51.9 Å². The summed E-state index contributed by atoms with van der Waals surface area (Å²) in [6.45, 7) is 3.36. The molecule has 2 aromatic rings. The molecule has 3 heterocycles. The molecule has 0 unspecified atom stereocenters. The minimum absolute atomic E-state index is 0.0471. The Bertz CT molecular complexity index is 694. The quantitative estimate of drug-likeness (QED) is 0.884. The Morgan fingerprint density at radius 1 is 1.38 bits per heavy atom. The second kappa shape index (κ2) is 7.33. The summed E-state index contributed by atoms with van der Waals surface area (Å²) in [7, 11) is 0. The second-order valence-corrected chi connectivity index (χ2v) is 6.17. The minimum atomic E-state index is -0.0752. The number of pyridine rings is 1. The molecule has 2 N–H and O–H groups in total. The van der Waals surface area contributed by atoms with Crippen LogP contribution in [0.25, 0.3) is 5.65 Å². The molecule has 0 aromatic carbocycles. The number of aromatic nitrogens is 2. The van der Waals surface area contributed by atoms with Crippen LogP contribution in [0.3, 0.4) is 0 Å². The molecule has 0 aliphatic carbocycles. The zero-order valence-corrected chi connectivity index (χ0v) is 13.9. The molecule has 128 valence electrons. The van der Waals surface area contributed by atoms with Crippen molar-refractivity contribution in [3.8, 4) is 0 Å². The van der Waals surface area contributed by atoms with Crippen LogP contribution >= 0.6 is 0 Å². The maximum absolute atomic E-state index is 12.3. The SMILES string of the molecule is CC(=O)N[C@H]1CCCN(C(=O)NCCc2cn3ccccc3n2)C1. The van der Waals surface area contributed by atoms with E-state index in [0.29, 0.717) is 19.5 Å². The van der Waals surface area contributed by atoms with Crippen LogP contribution in [-0.2, 0) is 11.2 Å². The van der Waals surface area contributed by atoms with Crippen molar-refractivity contribution in [3.05, 3.63) is 36.3 Å². The molecule has 7 nitrogen and oxygen atoms in total. The molecule has 2 aromatic heterocycles. The molecule has 1 aliphatic heterocycles. The topological polar surface area (TPSA) is 78.7 Å². The maximum atomic E-state index is 12.3. The molecule has 1 fully saturated rings. The zero-order valence-electron chi connectivity index (χ0n) is 13.9. The number of likely N-dealkylation sites (tertiary alicyclic amines) is 1. The largest absolute Gasteiger partial charge is 0.352 e. The number of hydrogen-bond acceptors (Lipinski definition) is 3. The highest BCUT2D eigenvalue weighted by molar-refractivity contribution is 5.75. The normalized spacial score (nSPS) is 17.7. The Morgan fingerprint density at radius 3 is 3.04 bits per heavy atom. The molecule has 1 saturated heterocycles. The van der Waals surface area contributed by atoms with Gasteiger partial charge in [0.25, 0.3) is 0 Å². The Morgan fingerprint density at radius 2 is 2.25 bits per heavy atom. The first-order valence-electron chi connectivity index (χ1n) is 8.34. The summed E-state index contributed by atoms with van der Waals surface area (Å²) in [6.07, 6.45) is 6.46. The van der Waals surface area contributed by atoms with Crippen LogP contribution in [0.2, 0.25) is 0 Å². The van der Waals surface area contributed by atoms with Crippen LogP contribution < -0.4 is 10.6 Å². The van der Waals surface area contributed by atoms with Gasteiger partial charge in [-0.25, -0.2) is 9.78 Å². The molecule has 24 heavy (non-hydrogen) atoms. The van der Waals surface area contributed by atoms with Gasteiger partial charge in [-0.15, -0.1) is 0 Å². The van der Waals surface area contributed by atoms with E-state index in [1.54, 1.807) is 4.90 Å². The third-order valence-corrected chi connectivity index (χ3v) is 4.19. The van der Waals surface area contributed by atoms with Gasteiger partial charge >= 0.3 is 6.03 Å². The van der Waals surface area contributed by atoms with E-state index in [2.05, 4.69) is 15.6 Å². The molecule has 0 radical (unpaired) electrons. The highest BCUT2D eigenvalue weighted by Gasteiger charge is 2.23. The standard InChI is InChI=1S/C17H23N5O2/c1-13(23)19-14-5-4-10-22(12-14)17(24)18-8-7-15-11-21-9-3-2-6-16(21)20-15/h2-3,6,9,11,14H,4-5,7-8,10,12H2,1H3,(H,18,24)(H,19,23)/t14-/m0/s1. The fourth-order valence-corrected chi connectivity index (χ4v) is 3.08. The Hall–Kier alpha value is -2.57. The van der Waals surface area contributed by atoms with E-state index in [0.717, 1.165) is 30.7 Å². The second-order valence-electron chi connectivity index (χ2n) is 6.17. The number of nitrogens with zero attached hydrogens (tertiary/aromatic N) is 3. The van der Waals surface area contributed by atoms with Gasteiger partial charge in [0.15, 0.2) is 0 Å². The predicted octanol–water partition coefficient (Wildman–Crippen LogP) is 1.19. The Kier molecular flexibility index (Phi) is 4.98. The molecule has 1 aliphatic rings. The number of rotatable bonds is 4. The summed E-state index contributed by atoms with van der Waals surface area (Å²) in [5.74, 6) is -0.0471. The summed E-state index contributed by atoms with van der Waals surface area (Å²) in [6, 6.07) is 5.85. The van der Waals surface area contributed by atoms with Crippen molar-refractivity contribution in [1.29, 1.82) is 0 Å². The number of carbonyl (C=O) groups excluding carboxylic acids is 2. The van der Waals surface area contributed by atoms with Gasteiger partial charge < -0.3 is 19.9 Å². The van der Waals surface area contributed by atoms with Gasteiger partial charge in [-0.3, -0.25) is 4.79 Å². The molecule has 3 amide bonds. The average Bonchev–Trinajstić information content (AvgIpc) is 2.97. The lowest BCUT2D eigenvalue weighted by Gasteiger charge is -2.33. The molecule has 0 saturated carbocycles. The summed E-state index contributed by atoms with van der Waals surface area (Å²) in [5, 5.41) is 5.83. The highest BCUT2D eigenvalue weighted by atomic mass is 16.2. The molecular weight excluding hydrogens is 306 g/mol. The molecule has 0 spiro atoms. The maximum Gasteiger partial charge on any atom is 0.317 e. The number of imidazole rings is 1. The van der Waals surface area contributed by atoms with E-state index in [1.807, 2.05) is 35.0 Å². The molecule has 0 bridgehead atoms. The number of fused-ring (bicyclic) bond motifs is 1. The van der Waals surface area contributed by atoms with E-state index in [9.17, 15) is 9.59 Å². The number of nitrogens with one attached hydrogen (secondary N) is 2. The monoisotopic (exact) mass is 329 g/mol. The van der Waals surface area contributed by atoms with Crippen molar-refractivity contribution >= 4 is 17.6 Å². The van der Waals surface area contributed by atoms with Gasteiger partial charge in [0, 0.05) is 51.4 Å². The van der Waals surface area contributed by atoms with E-state index >= 15 is 0 Å². The summed E-state index contributed by atoms with van der Waals surface area (Å²) < 4.78 is 1.97. The van der Waals surface area contributed by atoms with Crippen LogP contribution in [0.5, 0.6) is 0 Å². The average molecular weight is 329 g/mol. The van der Waals surface area contributed by atoms with Gasteiger partial charge in [0.2, 0.25) is 5.91 Å². The first-order chi connectivity index (χ1) is 11.6. The molecule has 7 heteroatoms. The Balaban J connectivity index is 1.47. The Labute approximate surface area is 141 Å². The smallest absolute Gasteiger partial charge is 0.317 e. The lowest BCUT2D eigenvalue weighted by Crippen LogP contribution is -2.52. The van der Waals surface area contributed by atoms with Crippen molar-refractivity contribution in [3.63, 3.8) is 0 Å². The van der Waals surface area contributed by atoms with Gasteiger partial charge in [0.05, 0.1) is 5.69 Å². The molecular formula is C17H23N5O2. The van der Waals surface area contributed by atoms with Gasteiger partial charge in [-0.2, -0.15) is 0 Å². The number of hydrogen-bond donors (Lipinski definition) is 2. The molecule has 3 rings (SSSR count).